The minimum atomic E-state index is 0.365. The summed E-state index contributed by atoms with van der Waals surface area (Å²) in [5.74, 6) is 0. The highest BCUT2D eigenvalue weighted by Gasteiger charge is 2.13. The van der Waals surface area contributed by atoms with Crippen molar-refractivity contribution in [3.63, 3.8) is 0 Å². The molecule has 1 rings (SSSR count). The van der Waals surface area contributed by atoms with E-state index in [1.807, 2.05) is 0 Å². The first kappa shape index (κ1) is 11.5. The van der Waals surface area contributed by atoms with E-state index in [1.165, 1.54) is 44.9 Å². The highest BCUT2D eigenvalue weighted by Crippen LogP contribution is 2.17. The number of nitriles is 1. The lowest BCUT2D eigenvalue weighted by molar-refractivity contribution is 0.361. The molecule has 0 bridgehead atoms. The van der Waals surface area contributed by atoms with Crippen molar-refractivity contribution in [1.82, 2.24) is 5.32 Å². The SMILES string of the molecule is CC(CC#N)NC1CCCCCCC1. The molecular formula is C12H22N2. The highest BCUT2D eigenvalue weighted by atomic mass is 14.9. The Morgan fingerprint density at radius 2 is 1.79 bits per heavy atom. The predicted octanol–water partition coefficient (Wildman–Crippen LogP) is 2.99. The topological polar surface area (TPSA) is 35.8 Å². The van der Waals surface area contributed by atoms with Crippen LogP contribution in [0, 0.1) is 11.3 Å². The predicted molar refractivity (Wildman–Crippen MR) is 58.9 cm³/mol. The summed E-state index contributed by atoms with van der Waals surface area (Å²) in [5, 5.41) is 12.1. The zero-order valence-corrected chi connectivity index (χ0v) is 9.26. The van der Waals surface area contributed by atoms with Crippen LogP contribution < -0.4 is 5.32 Å². The fraction of sp³-hybridized carbons (Fsp3) is 0.917. The lowest BCUT2D eigenvalue weighted by Gasteiger charge is -2.23. The summed E-state index contributed by atoms with van der Waals surface area (Å²) in [4.78, 5) is 0. The van der Waals surface area contributed by atoms with Gasteiger partial charge in [0, 0.05) is 12.1 Å². The van der Waals surface area contributed by atoms with Gasteiger partial charge >= 0.3 is 0 Å². The minimum absolute atomic E-state index is 0.365. The van der Waals surface area contributed by atoms with E-state index in [9.17, 15) is 0 Å². The number of hydrogen-bond donors (Lipinski definition) is 1. The smallest absolute Gasteiger partial charge is 0.0638 e. The third-order valence-electron chi connectivity index (χ3n) is 3.02. The molecule has 14 heavy (non-hydrogen) atoms. The fourth-order valence-electron chi connectivity index (χ4n) is 2.22. The number of rotatable bonds is 3. The molecule has 0 aromatic heterocycles. The van der Waals surface area contributed by atoms with E-state index in [0.29, 0.717) is 18.5 Å². The van der Waals surface area contributed by atoms with E-state index in [4.69, 9.17) is 5.26 Å². The third-order valence-corrected chi connectivity index (χ3v) is 3.02. The van der Waals surface area contributed by atoms with E-state index in [1.54, 1.807) is 0 Å². The van der Waals surface area contributed by atoms with Crippen molar-refractivity contribution in [3.05, 3.63) is 0 Å². The Morgan fingerprint density at radius 1 is 1.21 bits per heavy atom. The van der Waals surface area contributed by atoms with Crippen LogP contribution in [0.25, 0.3) is 0 Å². The Labute approximate surface area is 87.7 Å². The Hall–Kier alpha value is -0.550. The van der Waals surface area contributed by atoms with Crippen LogP contribution in [0.5, 0.6) is 0 Å². The number of hydrogen-bond acceptors (Lipinski definition) is 2. The van der Waals surface area contributed by atoms with Crippen molar-refractivity contribution in [3.8, 4) is 6.07 Å². The van der Waals surface area contributed by atoms with Gasteiger partial charge in [-0.25, -0.2) is 0 Å². The van der Waals surface area contributed by atoms with Crippen molar-refractivity contribution in [2.75, 3.05) is 0 Å². The number of nitrogens with zero attached hydrogens (tertiary/aromatic N) is 1. The molecule has 1 aliphatic rings. The first-order chi connectivity index (χ1) is 6.83. The normalized spacial score (nSPS) is 22.0. The van der Waals surface area contributed by atoms with Gasteiger partial charge in [-0.3, -0.25) is 0 Å². The van der Waals surface area contributed by atoms with Crippen LogP contribution >= 0.6 is 0 Å². The standard InChI is InChI=1S/C12H22N2/c1-11(9-10-13)14-12-7-5-3-2-4-6-8-12/h11-12,14H,2-9H2,1H3. The molecule has 0 aromatic rings. The summed E-state index contributed by atoms with van der Waals surface area (Å²) in [5.41, 5.74) is 0. The molecule has 0 radical (unpaired) electrons. The molecule has 2 nitrogen and oxygen atoms in total. The molecule has 1 unspecified atom stereocenters. The molecule has 1 fully saturated rings. The van der Waals surface area contributed by atoms with Gasteiger partial charge in [0.25, 0.3) is 0 Å². The van der Waals surface area contributed by atoms with Crippen LogP contribution in [0.4, 0.5) is 0 Å². The fourth-order valence-corrected chi connectivity index (χ4v) is 2.22. The largest absolute Gasteiger partial charge is 0.310 e. The third kappa shape index (κ3) is 4.62. The van der Waals surface area contributed by atoms with E-state index < -0.39 is 0 Å². The molecule has 0 aliphatic heterocycles. The first-order valence-corrected chi connectivity index (χ1v) is 5.96. The molecule has 0 saturated heterocycles. The Kier molecular flexibility index (Phi) is 5.63. The monoisotopic (exact) mass is 194 g/mol. The molecule has 0 amide bonds. The Balaban J connectivity index is 2.23. The van der Waals surface area contributed by atoms with E-state index in [2.05, 4.69) is 18.3 Å². The minimum Gasteiger partial charge on any atom is -0.310 e. The van der Waals surface area contributed by atoms with E-state index in [0.717, 1.165) is 0 Å². The van der Waals surface area contributed by atoms with Crippen molar-refractivity contribution < 1.29 is 0 Å². The Morgan fingerprint density at radius 3 is 2.36 bits per heavy atom. The van der Waals surface area contributed by atoms with Gasteiger partial charge in [-0.1, -0.05) is 32.1 Å². The van der Waals surface area contributed by atoms with Gasteiger partial charge in [-0.15, -0.1) is 0 Å². The van der Waals surface area contributed by atoms with Gasteiger partial charge in [0.1, 0.15) is 0 Å². The van der Waals surface area contributed by atoms with Crippen LogP contribution in [-0.2, 0) is 0 Å². The maximum absolute atomic E-state index is 8.58. The number of nitrogens with one attached hydrogen (secondary N) is 1. The molecular weight excluding hydrogens is 172 g/mol. The van der Waals surface area contributed by atoms with Crippen molar-refractivity contribution >= 4 is 0 Å². The molecule has 1 aliphatic carbocycles. The first-order valence-electron chi connectivity index (χ1n) is 5.96. The lowest BCUT2D eigenvalue weighted by atomic mass is 9.96. The maximum Gasteiger partial charge on any atom is 0.0638 e. The van der Waals surface area contributed by atoms with Crippen molar-refractivity contribution in [1.29, 1.82) is 5.26 Å². The van der Waals surface area contributed by atoms with Crippen LogP contribution in [0.15, 0.2) is 0 Å². The molecule has 2 heteroatoms. The summed E-state index contributed by atoms with van der Waals surface area (Å²) < 4.78 is 0. The second-order valence-corrected chi connectivity index (χ2v) is 4.47. The average Bonchev–Trinajstić information content (AvgIpc) is 2.10. The molecule has 0 aromatic carbocycles. The van der Waals surface area contributed by atoms with Gasteiger partial charge in [-0.2, -0.15) is 5.26 Å². The average molecular weight is 194 g/mol. The van der Waals surface area contributed by atoms with Crippen molar-refractivity contribution in [2.24, 2.45) is 0 Å². The lowest BCUT2D eigenvalue weighted by Crippen LogP contribution is -2.36. The van der Waals surface area contributed by atoms with Crippen LogP contribution in [0.3, 0.4) is 0 Å². The molecule has 0 heterocycles. The second-order valence-electron chi connectivity index (χ2n) is 4.47. The van der Waals surface area contributed by atoms with Gasteiger partial charge in [0.05, 0.1) is 12.5 Å². The quantitative estimate of drug-likeness (QED) is 0.749. The molecule has 0 spiro atoms. The summed E-state index contributed by atoms with van der Waals surface area (Å²) >= 11 is 0. The van der Waals surface area contributed by atoms with Gasteiger partial charge in [0.2, 0.25) is 0 Å². The van der Waals surface area contributed by atoms with Gasteiger partial charge in [0.15, 0.2) is 0 Å². The summed E-state index contributed by atoms with van der Waals surface area (Å²) in [6.07, 6.45) is 10.2. The Bertz CT molecular complexity index is 175. The van der Waals surface area contributed by atoms with E-state index in [-0.39, 0.29) is 0 Å². The van der Waals surface area contributed by atoms with Gasteiger partial charge < -0.3 is 5.32 Å². The molecule has 1 atom stereocenters. The zero-order chi connectivity index (χ0) is 10.2. The molecule has 80 valence electrons. The van der Waals surface area contributed by atoms with Gasteiger partial charge in [-0.05, 0) is 19.8 Å². The van der Waals surface area contributed by atoms with Crippen LogP contribution in [0.2, 0.25) is 0 Å². The summed E-state index contributed by atoms with van der Waals surface area (Å²) in [6.45, 7) is 2.11. The van der Waals surface area contributed by atoms with Crippen molar-refractivity contribution in [2.45, 2.75) is 70.4 Å². The zero-order valence-electron chi connectivity index (χ0n) is 9.26. The molecule has 1 N–H and O–H groups in total. The van der Waals surface area contributed by atoms with Crippen LogP contribution in [0.1, 0.15) is 58.3 Å². The van der Waals surface area contributed by atoms with E-state index >= 15 is 0 Å². The summed E-state index contributed by atoms with van der Waals surface area (Å²) in [6, 6.07) is 3.25. The van der Waals surface area contributed by atoms with Crippen LogP contribution in [-0.4, -0.2) is 12.1 Å². The maximum atomic E-state index is 8.58. The summed E-state index contributed by atoms with van der Waals surface area (Å²) in [7, 11) is 0. The highest BCUT2D eigenvalue weighted by molar-refractivity contribution is 4.81. The second kappa shape index (κ2) is 6.84. The molecule has 1 saturated carbocycles.